The Kier molecular flexibility index (Phi) is 3.66. The van der Waals surface area contributed by atoms with Gasteiger partial charge in [0.2, 0.25) is 16.0 Å². The highest BCUT2D eigenvalue weighted by atomic mass is 16.2. The quantitative estimate of drug-likeness (QED) is 0.398. The van der Waals surface area contributed by atoms with E-state index >= 15 is 0 Å². The Morgan fingerprint density at radius 3 is 1.33 bits per heavy atom. The van der Waals surface area contributed by atoms with Gasteiger partial charge in [-0.2, -0.15) is 0 Å². The van der Waals surface area contributed by atoms with Gasteiger partial charge < -0.3 is 9.62 Å². The first-order valence-corrected chi connectivity index (χ1v) is 3.54. The lowest BCUT2D eigenvalue weighted by Crippen LogP contribution is -2.45. The Labute approximate surface area is 74.2 Å². The summed E-state index contributed by atoms with van der Waals surface area (Å²) >= 11 is 0. The Balaban J connectivity index is 4.30. The van der Waals surface area contributed by atoms with E-state index in [1.165, 1.54) is 16.7 Å². The highest BCUT2D eigenvalue weighted by Crippen LogP contribution is 1.94. The van der Waals surface area contributed by atoms with Gasteiger partial charge in [-0.3, -0.25) is 4.90 Å². The molecule has 0 aromatic heterocycles. The van der Waals surface area contributed by atoms with Crippen molar-refractivity contribution in [3.8, 4) is 0 Å². The minimum Gasteiger partial charge on any atom is -0.378 e. The molecule has 0 atom stereocenters. The Morgan fingerprint density at radius 2 is 1.17 bits per heavy atom. The highest BCUT2D eigenvalue weighted by molar-refractivity contribution is 6.18. The van der Waals surface area contributed by atoms with E-state index in [1.807, 2.05) is 0 Å². The van der Waals surface area contributed by atoms with Crippen LogP contribution in [0.4, 0.5) is 9.59 Å². The summed E-state index contributed by atoms with van der Waals surface area (Å²) in [5.41, 5.74) is 0. The first kappa shape index (κ1) is 10.9. The number of nitrogens with zero attached hydrogens (tertiary/aromatic N) is 3. The molecule has 0 saturated carbocycles. The molecule has 4 amide bonds. The van der Waals surface area contributed by atoms with E-state index in [0.717, 1.165) is 4.90 Å². The van der Waals surface area contributed by atoms with Crippen molar-refractivity contribution in [2.45, 2.75) is 0 Å². The molecule has 0 N–H and O–H groups in total. The van der Waals surface area contributed by atoms with Gasteiger partial charge >= 0.3 is 12.1 Å². The van der Waals surface area contributed by atoms with E-state index in [-0.39, 0.29) is 12.1 Å². The van der Waals surface area contributed by atoms with E-state index in [1.54, 1.807) is 30.1 Å². The molecule has 0 fully saturated rings. The smallest absolute Gasteiger partial charge is 0.314 e. The summed E-state index contributed by atoms with van der Waals surface area (Å²) < 4.78 is 0. The van der Waals surface area contributed by atoms with E-state index in [4.69, 9.17) is 0 Å². The number of hydrogen-bond donors (Lipinski definition) is 0. The zero-order valence-electron chi connectivity index (χ0n) is 8.16. The van der Waals surface area contributed by atoms with E-state index in [0.29, 0.717) is 0 Å². The molecule has 0 radical (unpaired) electrons. The molecule has 0 aliphatic heterocycles. The second-order valence-corrected chi connectivity index (χ2v) is 2.91. The largest absolute Gasteiger partial charge is 0.378 e. The molecule has 0 saturated heterocycles. The van der Waals surface area contributed by atoms with Crippen LogP contribution in [0, 0.1) is 0 Å². The monoisotopic (exact) mass is 169 g/mol. The molecule has 5 nitrogen and oxygen atoms in total. The van der Waals surface area contributed by atoms with Gasteiger partial charge in [-0.15, -0.1) is 0 Å². The third kappa shape index (κ3) is 2.48. The number of rotatable bonds is 0. The van der Waals surface area contributed by atoms with Crippen LogP contribution in [0.15, 0.2) is 0 Å². The lowest BCUT2D eigenvalue weighted by Gasteiger charge is -2.23. The minimum absolute atomic E-state index is 0.325. The van der Waals surface area contributed by atoms with Gasteiger partial charge in [0.25, 0.3) is 0 Å². The maximum absolute atomic E-state index is 11.2. The molecule has 0 unspecified atom stereocenters. The van der Waals surface area contributed by atoms with Gasteiger partial charge in [0.05, 0.1) is 0 Å². The van der Waals surface area contributed by atoms with Crippen molar-refractivity contribution in [3.63, 3.8) is 0 Å². The van der Waals surface area contributed by atoms with Crippen LogP contribution in [-0.2, 0) is 0 Å². The van der Waals surface area contributed by atoms with Crippen LogP contribution in [0.1, 0.15) is 0 Å². The van der Waals surface area contributed by atoms with Gasteiger partial charge in [0.15, 0.2) is 0 Å². The predicted octanol–water partition coefficient (Wildman–Crippen LogP) is -1.88. The van der Waals surface area contributed by atoms with Crippen LogP contribution < -0.4 is 0 Å². The second-order valence-electron chi connectivity index (χ2n) is 2.91. The van der Waals surface area contributed by atoms with E-state index < -0.39 is 0 Å². The van der Waals surface area contributed by atoms with E-state index in [9.17, 15) is 9.59 Å². The molecule has 0 heterocycles. The van der Waals surface area contributed by atoms with Crippen LogP contribution in [-0.4, -0.2) is 63.7 Å². The van der Waals surface area contributed by atoms with Crippen molar-refractivity contribution in [1.29, 1.82) is 0 Å². The number of amides is 4. The highest BCUT2D eigenvalue weighted by Gasteiger charge is 2.18. The Hall–Kier alpha value is -1.13. The average molecular weight is 169 g/mol. The first-order chi connectivity index (χ1) is 5.37. The summed E-state index contributed by atoms with van der Waals surface area (Å²) in [6.07, 6.45) is 0. The van der Waals surface area contributed by atoms with Gasteiger partial charge in [-0.05, 0) is 14.1 Å². The molecular weight excluding hydrogens is 156 g/mol. The average Bonchev–Trinajstić information content (AvgIpc) is 2.00. The molecule has 0 spiro atoms. The molecule has 0 bridgehead atoms. The molecule has 0 aromatic rings. The fraction of sp³-hybridized carbons (Fsp3) is 0.600. The normalized spacial score (nSPS) is 8.92. The first-order valence-electron chi connectivity index (χ1n) is 3.54. The molecular formula is C5H13B2N3O2. The standard InChI is InChI=1S/C5H13B2N3O2/c1-8(4(11)9(2)6)5(12)10(3)7/h6-7H2,1-3H3. The van der Waals surface area contributed by atoms with Crippen LogP contribution in [0.25, 0.3) is 0 Å². The topological polar surface area (TPSA) is 43.9 Å². The molecule has 0 aromatic carbocycles. The number of imide groups is 1. The van der Waals surface area contributed by atoms with Crippen molar-refractivity contribution >= 4 is 28.0 Å². The van der Waals surface area contributed by atoms with Gasteiger partial charge in [-0.1, -0.05) is 0 Å². The van der Waals surface area contributed by atoms with Gasteiger partial charge in [0, 0.05) is 7.05 Å². The number of carbonyl (C=O) groups excluding carboxylic acids is 2. The van der Waals surface area contributed by atoms with Crippen LogP contribution in [0.3, 0.4) is 0 Å². The van der Waals surface area contributed by atoms with Crippen molar-refractivity contribution in [2.75, 3.05) is 21.1 Å². The second kappa shape index (κ2) is 4.04. The zero-order valence-corrected chi connectivity index (χ0v) is 8.16. The molecule has 0 aliphatic rings. The molecule has 12 heavy (non-hydrogen) atoms. The maximum atomic E-state index is 11.2. The lowest BCUT2D eigenvalue weighted by atomic mass is 10.3. The van der Waals surface area contributed by atoms with Crippen LogP contribution >= 0.6 is 0 Å². The van der Waals surface area contributed by atoms with Gasteiger partial charge in [0.1, 0.15) is 0 Å². The molecule has 0 rings (SSSR count). The van der Waals surface area contributed by atoms with E-state index in [2.05, 4.69) is 0 Å². The summed E-state index contributed by atoms with van der Waals surface area (Å²) in [4.78, 5) is 26.1. The fourth-order valence-electron chi connectivity index (χ4n) is 0.682. The minimum atomic E-state index is -0.325. The number of hydrogen-bond acceptors (Lipinski definition) is 2. The Bertz CT molecular complexity index is 175. The van der Waals surface area contributed by atoms with Crippen molar-refractivity contribution in [2.24, 2.45) is 0 Å². The van der Waals surface area contributed by atoms with Crippen molar-refractivity contribution in [3.05, 3.63) is 0 Å². The number of urea groups is 2. The third-order valence-electron chi connectivity index (χ3n) is 1.34. The third-order valence-corrected chi connectivity index (χ3v) is 1.34. The number of carbonyl (C=O) groups is 2. The van der Waals surface area contributed by atoms with Gasteiger partial charge in [-0.25, -0.2) is 9.59 Å². The lowest BCUT2D eigenvalue weighted by molar-refractivity contribution is 0.178. The summed E-state index contributed by atoms with van der Waals surface area (Å²) in [6, 6.07) is -0.651. The van der Waals surface area contributed by atoms with Crippen molar-refractivity contribution < 1.29 is 9.59 Å². The molecule has 0 aliphatic carbocycles. The molecule has 66 valence electrons. The summed E-state index contributed by atoms with van der Waals surface area (Å²) in [7, 11) is 7.85. The van der Waals surface area contributed by atoms with Crippen LogP contribution in [0.5, 0.6) is 0 Å². The zero-order chi connectivity index (χ0) is 9.89. The SMILES string of the molecule is BN(C)C(=O)N(C)C(=O)N(B)C. The fourth-order valence-corrected chi connectivity index (χ4v) is 0.682. The Morgan fingerprint density at radius 1 is 0.917 bits per heavy atom. The van der Waals surface area contributed by atoms with Crippen LogP contribution in [0.2, 0.25) is 0 Å². The molecule has 7 heteroatoms. The summed E-state index contributed by atoms with van der Waals surface area (Å²) in [5.74, 6) is 0. The summed E-state index contributed by atoms with van der Waals surface area (Å²) in [5, 5.41) is 0. The maximum Gasteiger partial charge on any atom is 0.314 e. The summed E-state index contributed by atoms with van der Waals surface area (Å²) in [6.45, 7) is 0. The van der Waals surface area contributed by atoms with Crippen molar-refractivity contribution in [1.82, 2.24) is 14.5 Å². The predicted molar refractivity (Wildman–Crippen MR) is 51.2 cm³/mol.